The van der Waals surface area contributed by atoms with Crippen molar-refractivity contribution in [3.8, 4) is 0 Å². The SMILES string of the molecule is O=C(O)C1(NI)CC1. The Morgan fingerprint density at radius 1 is 1.75 bits per heavy atom. The molecule has 0 aromatic heterocycles. The molecule has 0 spiro atoms. The fraction of sp³-hybridized carbons (Fsp3) is 0.750. The van der Waals surface area contributed by atoms with Gasteiger partial charge in [0.25, 0.3) is 0 Å². The molecule has 0 bridgehead atoms. The minimum Gasteiger partial charge on any atom is -0.480 e. The predicted molar refractivity (Wildman–Crippen MR) is 36.8 cm³/mol. The molecule has 1 rings (SSSR count). The summed E-state index contributed by atoms with van der Waals surface area (Å²) in [6, 6.07) is 0. The van der Waals surface area contributed by atoms with Gasteiger partial charge < -0.3 is 5.11 Å². The summed E-state index contributed by atoms with van der Waals surface area (Å²) in [5.41, 5.74) is -0.555. The largest absolute Gasteiger partial charge is 0.480 e. The van der Waals surface area contributed by atoms with Crippen LogP contribution >= 0.6 is 22.9 Å². The molecule has 0 aliphatic heterocycles. The molecule has 0 aromatic rings. The van der Waals surface area contributed by atoms with Crippen LogP contribution < -0.4 is 3.53 Å². The Hall–Kier alpha value is 0.160. The number of halogens is 1. The minimum atomic E-state index is -0.730. The van der Waals surface area contributed by atoms with Crippen LogP contribution in [0, 0.1) is 0 Å². The highest BCUT2D eigenvalue weighted by Gasteiger charge is 2.49. The maximum Gasteiger partial charge on any atom is 0.324 e. The van der Waals surface area contributed by atoms with Gasteiger partial charge in [-0.25, -0.2) is 3.53 Å². The van der Waals surface area contributed by atoms with Gasteiger partial charge in [0.1, 0.15) is 5.54 Å². The number of nitrogens with one attached hydrogen (secondary N) is 1. The molecule has 3 nitrogen and oxygen atoms in total. The molecule has 0 unspecified atom stereocenters. The summed E-state index contributed by atoms with van der Waals surface area (Å²) in [4.78, 5) is 10.2. The van der Waals surface area contributed by atoms with E-state index in [0.717, 1.165) is 12.8 Å². The molecule has 8 heavy (non-hydrogen) atoms. The second-order valence-corrected chi connectivity index (χ2v) is 2.52. The summed E-state index contributed by atoms with van der Waals surface area (Å²) >= 11 is 1.88. The third-order valence-electron chi connectivity index (χ3n) is 1.34. The maximum atomic E-state index is 10.2. The van der Waals surface area contributed by atoms with Crippen LogP contribution in [0.25, 0.3) is 0 Å². The fourth-order valence-electron chi connectivity index (χ4n) is 0.474. The second-order valence-electron chi connectivity index (χ2n) is 1.98. The first-order valence-electron chi connectivity index (χ1n) is 2.32. The molecule has 4 heteroatoms. The first-order valence-corrected chi connectivity index (χ1v) is 3.40. The predicted octanol–water partition coefficient (Wildman–Crippen LogP) is 0.543. The second kappa shape index (κ2) is 1.84. The van der Waals surface area contributed by atoms with Crippen molar-refractivity contribution in [3.05, 3.63) is 0 Å². The number of carboxylic acid groups (broad SMARTS) is 1. The van der Waals surface area contributed by atoms with E-state index in [4.69, 9.17) is 5.11 Å². The van der Waals surface area contributed by atoms with Crippen LogP contribution in [-0.4, -0.2) is 16.6 Å². The summed E-state index contributed by atoms with van der Waals surface area (Å²) in [6.45, 7) is 0. The van der Waals surface area contributed by atoms with E-state index in [1.165, 1.54) is 0 Å². The van der Waals surface area contributed by atoms with E-state index < -0.39 is 11.5 Å². The Labute approximate surface area is 61.0 Å². The molecule has 1 aliphatic carbocycles. The molecule has 1 fully saturated rings. The molecular weight excluding hydrogens is 221 g/mol. The molecule has 0 heterocycles. The Bertz CT molecular complexity index is 121. The van der Waals surface area contributed by atoms with Crippen LogP contribution in [0.5, 0.6) is 0 Å². The molecule has 1 aliphatic rings. The van der Waals surface area contributed by atoms with Gasteiger partial charge in [-0.1, -0.05) is 0 Å². The molecule has 0 saturated heterocycles. The average molecular weight is 227 g/mol. The van der Waals surface area contributed by atoms with Crippen molar-refractivity contribution in [1.29, 1.82) is 0 Å². The van der Waals surface area contributed by atoms with Crippen LogP contribution in [-0.2, 0) is 4.79 Å². The fourth-order valence-corrected chi connectivity index (χ4v) is 1.24. The number of hydrogen-bond acceptors (Lipinski definition) is 2. The van der Waals surface area contributed by atoms with Crippen LogP contribution in [0.3, 0.4) is 0 Å². The van der Waals surface area contributed by atoms with E-state index in [9.17, 15) is 4.79 Å². The van der Waals surface area contributed by atoms with Gasteiger partial charge in [-0.3, -0.25) is 4.79 Å². The quantitative estimate of drug-likeness (QED) is 0.534. The number of carbonyl (C=O) groups is 1. The summed E-state index contributed by atoms with van der Waals surface area (Å²) in [7, 11) is 0. The molecular formula is C4H6INO2. The zero-order valence-electron chi connectivity index (χ0n) is 4.15. The normalized spacial score (nSPS) is 22.6. The van der Waals surface area contributed by atoms with E-state index in [0.29, 0.717) is 0 Å². The van der Waals surface area contributed by atoms with Gasteiger partial charge in [0.2, 0.25) is 0 Å². The van der Waals surface area contributed by atoms with Crippen molar-refractivity contribution in [2.45, 2.75) is 18.4 Å². The lowest BCUT2D eigenvalue weighted by molar-refractivity contribution is -0.139. The number of rotatable bonds is 2. The standard InChI is InChI=1S/C4H6INO2/c5-6-4(1-2-4)3(7)8/h6H,1-2H2,(H,7,8). The monoisotopic (exact) mass is 227 g/mol. The lowest BCUT2D eigenvalue weighted by Gasteiger charge is -2.02. The smallest absolute Gasteiger partial charge is 0.324 e. The molecule has 1 saturated carbocycles. The van der Waals surface area contributed by atoms with Gasteiger partial charge in [0.05, 0.1) is 0 Å². The van der Waals surface area contributed by atoms with Gasteiger partial charge in [-0.05, 0) is 12.8 Å². The first-order chi connectivity index (χ1) is 3.71. The Kier molecular flexibility index (Phi) is 1.44. The topological polar surface area (TPSA) is 49.3 Å². The van der Waals surface area contributed by atoms with Crippen LogP contribution in [0.2, 0.25) is 0 Å². The van der Waals surface area contributed by atoms with E-state index in [1.54, 1.807) is 0 Å². The molecule has 0 amide bonds. The third-order valence-corrected chi connectivity index (χ3v) is 2.37. The highest BCUT2D eigenvalue weighted by molar-refractivity contribution is 14.1. The zero-order valence-corrected chi connectivity index (χ0v) is 6.31. The Morgan fingerprint density at radius 3 is 2.25 bits per heavy atom. The maximum absolute atomic E-state index is 10.2. The van der Waals surface area contributed by atoms with Gasteiger partial charge in [-0.2, -0.15) is 0 Å². The van der Waals surface area contributed by atoms with E-state index in [2.05, 4.69) is 3.53 Å². The van der Waals surface area contributed by atoms with Crippen molar-refractivity contribution in [2.24, 2.45) is 0 Å². The molecule has 2 N–H and O–H groups in total. The molecule has 0 atom stereocenters. The van der Waals surface area contributed by atoms with E-state index in [1.807, 2.05) is 22.9 Å². The molecule has 0 radical (unpaired) electrons. The zero-order chi connectivity index (χ0) is 6.20. The summed E-state index contributed by atoms with van der Waals surface area (Å²) in [6.07, 6.45) is 1.54. The van der Waals surface area contributed by atoms with E-state index >= 15 is 0 Å². The Balaban J connectivity index is 2.53. The Morgan fingerprint density at radius 2 is 2.25 bits per heavy atom. The van der Waals surface area contributed by atoms with Crippen molar-refractivity contribution in [3.63, 3.8) is 0 Å². The van der Waals surface area contributed by atoms with Gasteiger partial charge in [0, 0.05) is 22.9 Å². The summed E-state index contributed by atoms with van der Waals surface area (Å²) in [5.74, 6) is -0.730. The van der Waals surface area contributed by atoms with Crippen LogP contribution in [0.1, 0.15) is 12.8 Å². The van der Waals surface area contributed by atoms with Crippen molar-refractivity contribution >= 4 is 28.8 Å². The van der Waals surface area contributed by atoms with E-state index in [-0.39, 0.29) is 0 Å². The summed E-state index contributed by atoms with van der Waals surface area (Å²) < 4.78 is 2.72. The minimum absolute atomic E-state index is 0.555. The highest BCUT2D eigenvalue weighted by atomic mass is 127. The van der Waals surface area contributed by atoms with Crippen molar-refractivity contribution in [2.75, 3.05) is 0 Å². The van der Waals surface area contributed by atoms with Gasteiger partial charge in [0.15, 0.2) is 0 Å². The number of hydrogen-bond donors (Lipinski definition) is 2. The highest BCUT2D eigenvalue weighted by Crippen LogP contribution is 2.36. The number of aliphatic carboxylic acids is 1. The van der Waals surface area contributed by atoms with Gasteiger partial charge >= 0.3 is 5.97 Å². The lowest BCUT2D eigenvalue weighted by atomic mass is 10.3. The van der Waals surface area contributed by atoms with Gasteiger partial charge in [-0.15, -0.1) is 0 Å². The average Bonchev–Trinajstić information content (AvgIpc) is 2.44. The first kappa shape index (κ1) is 6.28. The molecule has 0 aromatic carbocycles. The van der Waals surface area contributed by atoms with Crippen molar-refractivity contribution < 1.29 is 9.90 Å². The summed E-state index contributed by atoms with van der Waals surface area (Å²) in [5, 5.41) is 8.44. The third kappa shape index (κ3) is 0.818. The lowest BCUT2D eigenvalue weighted by Crippen LogP contribution is -2.32. The van der Waals surface area contributed by atoms with Crippen LogP contribution in [0.15, 0.2) is 0 Å². The molecule has 46 valence electrons. The number of carboxylic acids is 1. The van der Waals surface area contributed by atoms with Crippen LogP contribution in [0.4, 0.5) is 0 Å². The van der Waals surface area contributed by atoms with Crippen molar-refractivity contribution in [1.82, 2.24) is 3.53 Å².